The van der Waals surface area contributed by atoms with Crippen molar-refractivity contribution in [3.63, 3.8) is 0 Å². The molecule has 5 aliphatic rings. The van der Waals surface area contributed by atoms with E-state index in [1.165, 1.54) is 36.5 Å². The van der Waals surface area contributed by atoms with Gasteiger partial charge in [-0.2, -0.15) is 0 Å². The van der Waals surface area contributed by atoms with Gasteiger partial charge in [-0.1, -0.05) is 0 Å². The monoisotopic (exact) mass is 631 g/mol. The molecular formula is C26H41F3INO3S. The summed E-state index contributed by atoms with van der Waals surface area (Å²) in [6.07, 6.45) is 11.5. The van der Waals surface area contributed by atoms with Crippen LogP contribution in [0.15, 0.2) is 11.8 Å². The molecule has 2 N–H and O–H groups in total. The Kier molecular flexibility index (Phi) is 5.89. The number of nitrogens with two attached hydrogens (primary N) is 1. The van der Waals surface area contributed by atoms with E-state index >= 15 is 0 Å². The maximum absolute atomic E-state index is 13.1. The van der Waals surface area contributed by atoms with Gasteiger partial charge in [0.05, 0.1) is 0 Å². The van der Waals surface area contributed by atoms with Crippen molar-refractivity contribution in [3.8, 4) is 0 Å². The Morgan fingerprint density at radius 3 is 2.34 bits per heavy atom. The first kappa shape index (κ1) is 26.6. The van der Waals surface area contributed by atoms with Crippen LogP contribution in [0.3, 0.4) is 0 Å². The summed E-state index contributed by atoms with van der Waals surface area (Å²) in [5.74, 6) is 0.507. The molecule has 2 heterocycles. The Balaban J connectivity index is 1.49. The van der Waals surface area contributed by atoms with Crippen molar-refractivity contribution in [3.05, 3.63) is 11.8 Å². The maximum atomic E-state index is 13.1. The summed E-state index contributed by atoms with van der Waals surface area (Å²) in [7, 11) is -5.68. The van der Waals surface area contributed by atoms with Crippen LogP contribution in [0.4, 0.5) is 13.2 Å². The molecule has 0 aromatic heterocycles. The molecule has 7 atom stereocenters. The summed E-state index contributed by atoms with van der Waals surface area (Å²) < 4.78 is 70.2. The third-order valence-corrected chi connectivity index (χ3v) is 22.7. The van der Waals surface area contributed by atoms with Gasteiger partial charge in [0.1, 0.15) is 0 Å². The summed E-state index contributed by atoms with van der Waals surface area (Å²) in [5.41, 5.74) is 0.963. The third-order valence-electron chi connectivity index (χ3n) is 11.5. The minimum atomic E-state index is -5.68. The molecule has 5 rings (SSSR count). The Labute approximate surface area is 215 Å². The van der Waals surface area contributed by atoms with Gasteiger partial charge >= 0.3 is 217 Å². The molecule has 2 aliphatic heterocycles. The summed E-state index contributed by atoms with van der Waals surface area (Å²) in [4.78, 5) is 0. The molecule has 0 bridgehead atoms. The van der Waals surface area contributed by atoms with Crippen LogP contribution in [0, 0.1) is 28.1 Å². The molecule has 3 aliphatic carbocycles. The fraction of sp³-hybridized carbons (Fsp3) is 0.923. The SMILES string of the molecule is CC1(C)C(OS(=O)(=O)C(F)(F)F)=CCC2(C)C1CCC1(C)C2CCI2[C@H]3CCCC3(N)CC[C@]21C. The van der Waals surface area contributed by atoms with Gasteiger partial charge in [0, 0.05) is 0 Å². The van der Waals surface area contributed by atoms with Crippen LogP contribution >= 0.6 is 19.8 Å². The van der Waals surface area contributed by atoms with Gasteiger partial charge < -0.3 is 0 Å². The summed E-state index contributed by atoms with van der Waals surface area (Å²) in [5, 5.41) is 0. The van der Waals surface area contributed by atoms with Crippen molar-refractivity contribution in [2.24, 2.45) is 33.8 Å². The van der Waals surface area contributed by atoms with E-state index in [-0.39, 0.29) is 28.0 Å². The third kappa shape index (κ3) is 3.47. The molecule has 0 aromatic carbocycles. The number of halogens is 4. The van der Waals surface area contributed by atoms with Crippen LogP contribution in [-0.4, -0.2) is 31.2 Å². The first-order valence-electron chi connectivity index (χ1n) is 13.1. The minimum absolute atomic E-state index is 0.0343. The van der Waals surface area contributed by atoms with E-state index in [2.05, 4.69) is 20.8 Å². The molecule has 2 saturated heterocycles. The number of hydrogen-bond donors (Lipinski definition) is 1. The topological polar surface area (TPSA) is 69.4 Å². The van der Waals surface area contributed by atoms with Crippen molar-refractivity contribution in [2.45, 2.75) is 111 Å². The van der Waals surface area contributed by atoms with Gasteiger partial charge in [0.2, 0.25) is 0 Å². The fourth-order valence-electron chi connectivity index (χ4n) is 9.45. The van der Waals surface area contributed by atoms with E-state index in [1.54, 1.807) is 6.08 Å². The number of fused-ring (bicyclic) bond motifs is 7. The van der Waals surface area contributed by atoms with E-state index in [0.29, 0.717) is 15.8 Å². The Morgan fingerprint density at radius 1 is 1.00 bits per heavy atom. The number of alkyl halides is 6. The van der Waals surface area contributed by atoms with E-state index in [1.807, 2.05) is 13.8 Å². The second-order valence-corrected chi connectivity index (χ2v) is 22.0. The second-order valence-electron chi connectivity index (χ2n) is 13.2. The van der Waals surface area contributed by atoms with Crippen molar-refractivity contribution in [2.75, 3.05) is 4.43 Å². The first-order chi connectivity index (χ1) is 15.9. The molecule has 202 valence electrons. The van der Waals surface area contributed by atoms with Crippen molar-refractivity contribution < 1.29 is 25.8 Å². The number of rotatable bonds is 2. The number of allylic oxidation sites excluding steroid dienone is 2. The van der Waals surface area contributed by atoms with Crippen LogP contribution < -0.4 is 5.73 Å². The first-order valence-corrected chi connectivity index (χ1v) is 18.3. The molecule has 4 fully saturated rings. The van der Waals surface area contributed by atoms with E-state index in [4.69, 9.17) is 9.92 Å². The molecule has 4 nitrogen and oxygen atoms in total. The van der Waals surface area contributed by atoms with E-state index < -0.39 is 40.9 Å². The van der Waals surface area contributed by atoms with Gasteiger partial charge in [-0.15, -0.1) is 0 Å². The van der Waals surface area contributed by atoms with Gasteiger partial charge in [-0.05, 0) is 0 Å². The van der Waals surface area contributed by atoms with Crippen LogP contribution in [0.5, 0.6) is 0 Å². The second kappa shape index (κ2) is 7.76. The molecule has 0 amide bonds. The molecule has 0 radical (unpaired) electrons. The van der Waals surface area contributed by atoms with Crippen LogP contribution in [0.2, 0.25) is 0 Å². The Morgan fingerprint density at radius 2 is 1.69 bits per heavy atom. The fourth-order valence-corrected chi connectivity index (χ4v) is 21.5. The molecule has 2 saturated carbocycles. The van der Waals surface area contributed by atoms with Gasteiger partial charge in [-0.25, -0.2) is 0 Å². The van der Waals surface area contributed by atoms with E-state index in [0.717, 1.165) is 23.2 Å². The standard InChI is InChI=1S/C26H41F3INO3S/c1-21(2)17-8-13-23(4)18(22(17,3)12-9-20(21)34-35(32,33)26(27,28)29)10-16-30-19-7-6-11-25(19,31)15-14-24(23,30)5/h9,17-19H,6-8,10-16,31H2,1-5H3/t17?,18?,19-,22?,23?,24-,25?/m0/s1. The number of hydrogen-bond acceptors (Lipinski definition) is 4. The van der Waals surface area contributed by atoms with Crippen molar-refractivity contribution in [1.29, 1.82) is 0 Å². The van der Waals surface area contributed by atoms with Gasteiger partial charge in [0.15, 0.2) is 0 Å². The summed E-state index contributed by atoms with van der Waals surface area (Å²) in [6, 6.07) is 0. The average Bonchev–Trinajstić information content (AvgIpc) is 3.12. The summed E-state index contributed by atoms with van der Waals surface area (Å²) in [6.45, 7) is 11.2. The average molecular weight is 632 g/mol. The molecule has 5 unspecified atom stereocenters. The zero-order valence-corrected chi connectivity index (χ0v) is 24.6. The molecule has 35 heavy (non-hydrogen) atoms. The molecule has 0 spiro atoms. The summed E-state index contributed by atoms with van der Waals surface area (Å²) >= 11 is -1.36. The van der Waals surface area contributed by atoms with Crippen molar-refractivity contribution in [1.82, 2.24) is 0 Å². The van der Waals surface area contributed by atoms with Crippen LogP contribution in [0.1, 0.15) is 92.4 Å². The van der Waals surface area contributed by atoms with Crippen LogP contribution in [-0.2, 0) is 14.3 Å². The predicted molar refractivity (Wildman–Crippen MR) is 141 cm³/mol. The normalized spacial score (nSPS) is 48.2. The molecule has 0 aromatic rings. The van der Waals surface area contributed by atoms with Gasteiger partial charge in [-0.3, -0.25) is 0 Å². The Bertz CT molecular complexity index is 1040. The van der Waals surface area contributed by atoms with Crippen LogP contribution in [0.25, 0.3) is 0 Å². The Hall–Kier alpha value is -0.0300. The zero-order chi connectivity index (χ0) is 25.9. The predicted octanol–water partition coefficient (Wildman–Crippen LogP) is 6.92. The van der Waals surface area contributed by atoms with Crippen molar-refractivity contribution >= 4 is 29.9 Å². The molecule has 9 heteroatoms. The van der Waals surface area contributed by atoms with E-state index in [9.17, 15) is 21.6 Å². The van der Waals surface area contributed by atoms with Gasteiger partial charge in [0.25, 0.3) is 0 Å². The molecular weight excluding hydrogens is 590 g/mol. The zero-order valence-electron chi connectivity index (χ0n) is 21.6. The quantitative estimate of drug-likeness (QED) is 0.156.